The second kappa shape index (κ2) is 6.76. The number of nitriles is 1. The zero-order valence-corrected chi connectivity index (χ0v) is 15.7. The summed E-state index contributed by atoms with van der Waals surface area (Å²) >= 11 is 0. The summed E-state index contributed by atoms with van der Waals surface area (Å²) < 4.78 is 6.83. The third-order valence-corrected chi connectivity index (χ3v) is 5.05. The lowest BCUT2D eigenvalue weighted by atomic mass is 9.98. The molecule has 0 amide bonds. The number of ketones is 1. The molecule has 27 heavy (non-hydrogen) atoms. The Morgan fingerprint density at radius 1 is 1.30 bits per heavy atom. The Balaban J connectivity index is 2.33. The highest BCUT2D eigenvalue weighted by molar-refractivity contribution is 6.12. The first-order valence-electron chi connectivity index (χ1n) is 8.74. The fraction of sp³-hybridized carbons (Fsp3) is 0.286. The van der Waals surface area contributed by atoms with Crippen molar-refractivity contribution in [1.82, 2.24) is 4.57 Å². The van der Waals surface area contributed by atoms with Crippen molar-refractivity contribution in [3.8, 4) is 11.9 Å². The van der Waals surface area contributed by atoms with E-state index in [0.29, 0.717) is 17.6 Å². The normalized spacial score (nSPS) is 12.1. The van der Waals surface area contributed by atoms with E-state index >= 15 is 0 Å². The van der Waals surface area contributed by atoms with E-state index in [2.05, 4.69) is 0 Å². The van der Waals surface area contributed by atoms with Gasteiger partial charge < -0.3 is 9.52 Å². The van der Waals surface area contributed by atoms with Gasteiger partial charge in [-0.05, 0) is 38.8 Å². The number of nitrogens with zero attached hydrogens (tertiary/aromatic N) is 2. The molecule has 0 saturated carbocycles. The number of benzene rings is 1. The number of hydrogen-bond acceptors (Lipinski definition) is 5. The molecule has 1 unspecified atom stereocenters. The van der Waals surface area contributed by atoms with Crippen LogP contribution >= 0.6 is 0 Å². The van der Waals surface area contributed by atoms with Gasteiger partial charge in [0.2, 0.25) is 11.7 Å². The number of pyridine rings is 1. The number of rotatable bonds is 4. The monoisotopic (exact) mass is 364 g/mol. The van der Waals surface area contributed by atoms with E-state index in [1.54, 1.807) is 26.0 Å². The van der Waals surface area contributed by atoms with Crippen LogP contribution in [0.3, 0.4) is 0 Å². The van der Waals surface area contributed by atoms with Crippen LogP contribution in [-0.2, 0) is 0 Å². The molecule has 0 aliphatic heterocycles. The molecule has 6 nitrogen and oxygen atoms in total. The number of para-hydroxylation sites is 1. The molecular formula is C21H20N2O4. The molecule has 138 valence electrons. The maximum atomic E-state index is 13.2. The van der Waals surface area contributed by atoms with Crippen molar-refractivity contribution in [2.75, 3.05) is 0 Å². The molecule has 0 spiro atoms. The number of aryl methyl sites for hydroxylation is 1. The predicted octanol–water partition coefficient (Wildman–Crippen LogP) is 3.99. The number of hydrogen-bond donors (Lipinski definition) is 1. The van der Waals surface area contributed by atoms with Crippen molar-refractivity contribution in [2.24, 2.45) is 0 Å². The van der Waals surface area contributed by atoms with Gasteiger partial charge in [0.15, 0.2) is 5.76 Å². The molecular weight excluding hydrogens is 344 g/mol. The Hall–Kier alpha value is -3.33. The lowest BCUT2D eigenvalue weighted by molar-refractivity contribution is 0.100. The number of carbonyl (C=O) groups excluding carboxylic acids is 1. The van der Waals surface area contributed by atoms with Crippen LogP contribution in [0.2, 0.25) is 0 Å². The first-order valence-corrected chi connectivity index (χ1v) is 8.74. The summed E-state index contributed by atoms with van der Waals surface area (Å²) in [5.41, 5.74) is 0.545. The van der Waals surface area contributed by atoms with Crippen molar-refractivity contribution in [2.45, 2.75) is 40.2 Å². The van der Waals surface area contributed by atoms with Crippen molar-refractivity contribution in [3.05, 3.63) is 62.6 Å². The Morgan fingerprint density at radius 2 is 1.96 bits per heavy atom. The van der Waals surface area contributed by atoms with E-state index < -0.39 is 17.2 Å². The van der Waals surface area contributed by atoms with E-state index in [-0.39, 0.29) is 28.5 Å². The van der Waals surface area contributed by atoms with Crippen molar-refractivity contribution in [1.29, 1.82) is 5.26 Å². The number of furan rings is 1. The number of aromatic hydroxyl groups is 1. The van der Waals surface area contributed by atoms with E-state index in [9.17, 15) is 20.0 Å². The topological polar surface area (TPSA) is 96.2 Å². The molecule has 3 aromatic rings. The molecule has 0 aliphatic rings. The summed E-state index contributed by atoms with van der Waals surface area (Å²) in [7, 11) is 0. The van der Waals surface area contributed by atoms with Gasteiger partial charge in [0, 0.05) is 17.0 Å². The van der Waals surface area contributed by atoms with Gasteiger partial charge in [-0.2, -0.15) is 5.26 Å². The van der Waals surface area contributed by atoms with Crippen LogP contribution in [0, 0.1) is 25.2 Å². The molecule has 1 atom stereocenters. The number of carbonyl (C=O) groups is 1. The lowest BCUT2D eigenvalue weighted by Crippen LogP contribution is -2.28. The van der Waals surface area contributed by atoms with Crippen LogP contribution in [0.15, 0.2) is 33.5 Å². The van der Waals surface area contributed by atoms with Crippen LogP contribution < -0.4 is 5.56 Å². The van der Waals surface area contributed by atoms with E-state index in [0.717, 1.165) is 9.95 Å². The van der Waals surface area contributed by atoms with Gasteiger partial charge >= 0.3 is 0 Å². The van der Waals surface area contributed by atoms with Gasteiger partial charge in [0.1, 0.15) is 17.2 Å². The minimum Gasteiger partial charge on any atom is -0.494 e. The molecule has 0 bridgehead atoms. The third kappa shape index (κ3) is 2.72. The average Bonchev–Trinajstić information content (AvgIpc) is 2.98. The summed E-state index contributed by atoms with van der Waals surface area (Å²) in [6.45, 7) is 6.86. The molecule has 0 fully saturated rings. The van der Waals surface area contributed by atoms with E-state index in [4.69, 9.17) is 4.42 Å². The Morgan fingerprint density at radius 3 is 2.56 bits per heavy atom. The zero-order valence-electron chi connectivity index (χ0n) is 15.7. The van der Waals surface area contributed by atoms with Gasteiger partial charge in [0.25, 0.3) is 5.56 Å². The van der Waals surface area contributed by atoms with E-state index in [1.807, 2.05) is 25.1 Å². The van der Waals surface area contributed by atoms with Crippen LogP contribution in [0.5, 0.6) is 5.88 Å². The minimum absolute atomic E-state index is 0.0754. The van der Waals surface area contributed by atoms with Gasteiger partial charge in [-0.3, -0.25) is 14.2 Å². The smallest absolute Gasteiger partial charge is 0.271 e. The van der Waals surface area contributed by atoms with Crippen LogP contribution in [-0.4, -0.2) is 15.5 Å². The molecule has 0 radical (unpaired) electrons. The lowest BCUT2D eigenvalue weighted by Gasteiger charge is -2.19. The maximum absolute atomic E-state index is 13.2. The summed E-state index contributed by atoms with van der Waals surface area (Å²) in [5.74, 6) is -0.893. The summed E-state index contributed by atoms with van der Waals surface area (Å²) in [6, 6.07) is 8.76. The first kappa shape index (κ1) is 18.5. The zero-order chi connectivity index (χ0) is 19.9. The Labute approximate surface area is 156 Å². The van der Waals surface area contributed by atoms with Crippen LogP contribution in [0.1, 0.15) is 59.1 Å². The molecule has 0 aliphatic carbocycles. The quantitative estimate of drug-likeness (QED) is 0.706. The Bertz CT molecular complexity index is 1160. The van der Waals surface area contributed by atoms with Crippen molar-refractivity contribution >= 4 is 16.8 Å². The Kier molecular flexibility index (Phi) is 4.63. The first-order chi connectivity index (χ1) is 12.8. The maximum Gasteiger partial charge on any atom is 0.271 e. The minimum atomic E-state index is -0.597. The molecule has 6 heteroatoms. The molecule has 1 aromatic carbocycles. The second-order valence-electron chi connectivity index (χ2n) is 6.62. The summed E-state index contributed by atoms with van der Waals surface area (Å²) in [4.78, 5) is 25.8. The molecule has 2 aromatic heterocycles. The SMILES string of the molecule is CCC(C)n1c(O)c(C(=O)c2oc3ccccc3c2C)c(C)c(C#N)c1=O. The van der Waals surface area contributed by atoms with Gasteiger partial charge in [-0.1, -0.05) is 25.1 Å². The highest BCUT2D eigenvalue weighted by atomic mass is 16.3. The van der Waals surface area contributed by atoms with Crippen LogP contribution in [0.25, 0.3) is 11.0 Å². The fourth-order valence-electron chi connectivity index (χ4n) is 3.29. The van der Waals surface area contributed by atoms with Gasteiger partial charge in [-0.15, -0.1) is 0 Å². The molecule has 1 N–H and O–H groups in total. The summed E-state index contributed by atoms with van der Waals surface area (Å²) in [5, 5.41) is 21.0. The molecule has 0 saturated heterocycles. The number of aromatic nitrogens is 1. The highest BCUT2D eigenvalue weighted by Gasteiger charge is 2.29. The fourth-order valence-corrected chi connectivity index (χ4v) is 3.29. The standard InChI is InChI=1S/C21H20N2O4/c1-5-11(2)23-20(25)15(10-22)12(3)17(21(23)26)18(24)19-13(4)14-8-6-7-9-16(14)27-19/h6-9,11,26H,5H2,1-4H3. The van der Waals surface area contributed by atoms with Crippen LogP contribution in [0.4, 0.5) is 0 Å². The van der Waals surface area contributed by atoms with Crippen molar-refractivity contribution < 1.29 is 14.3 Å². The third-order valence-electron chi connectivity index (χ3n) is 5.05. The largest absolute Gasteiger partial charge is 0.494 e. The predicted molar refractivity (Wildman–Crippen MR) is 101 cm³/mol. The van der Waals surface area contributed by atoms with E-state index in [1.165, 1.54) is 6.92 Å². The van der Waals surface area contributed by atoms with Gasteiger partial charge in [-0.25, -0.2) is 0 Å². The van der Waals surface area contributed by atoms with Crippen molar-refractivity contribution in [3.63, 3.8) is 0 Å². The average molecular weight is 364 g/mol. The highest BCUT2D eigenvalue weighted by Crippen LogP contribution is 2.32. The second-order valence-corrected chi connectivity index (χ2v) is 6.62. The van der Waals surface area contributed by atoms with Gasteiger partial charge in [0.05, 0.1) is 5.56 Å². The summed E-state index contributed by atoms with van der Waals surface area (Å²) in [6.07, 6.45) is 0.554. The molecule has 3 rings (SSSR count). The number of fused-ring (bicyclic) bond motifs is 1. The molecule has 2 heterocycles.